The summed E-state index contributed by atoms with van der Waals surface area (Å²) in [6, 6.07) is 0.635. The van der Waals surface area contributed by atoms with Gasteiger partial charge in [0.2, 0.25) is 0 Å². The molecule has 0 radical (unpaired) electrons. The molecule has 2 rings (SSSR count). The Morgan fingerprint density at radius 1 is 1.21 bits per heavy atom. The van der Waals surface area contributed by atoms with E-state index in [4.69, 9.17) is 4.74 Å². The van der Waals surface area contributed by atoms with Gasteiger partial charge in [-0.05, 0) is 31.6 Å². The Morgan fingerprint density at radius 2 is 1.89 bits per heavy atom. The molecule has 1 aliphatic carbocycles. The summed E-state index contributed by atoms with van der Waals surface area (Å²) in [5.74, 6) is 0. The van der Waals surface area contributed by atoms with Crippen molar-refractivity contribution < 1.29 is 4.74 Å². The second-order valence-electron chi connectivity index (χ2n) is 6.68. The number of morpholine rings is 1. The molecule has 3 heteroatoms. The SMILES string of the molecule is CCC1COC(C)CN1CC1(CBr)CCCCCC1. The highest BCUT2D eigenvalue weighted by Gasteiger charge is 2.35. The van der Waals surface area contributed by atoms with E-state index in [0.717, 1.165) is 13.2 Å². The number of hydrogen-bond donors (Lipinski definition) is 0. The van der Waals surface area contributed by atoms with Crippen LogP contribution in [0, 0.1) is 5.41 Å². The number of nitrogens with zero attached hydrogens (tertiary/aromatic N) is 1. The van der Waals surface area contributed by atoms with Gasteiger partial charge in [-0.2, -0.15) is 0 Å². The van der Waals surface area contributed by atoms with Crippen molar-refractivity contribution in [2.45, 2.75) is 70.9 Å². The average molecular weight is 332 g/mol. The van der Waals surface area contributed by atoms with E-state index in [9.17, 15) is 0 Å². The van der Waals surface area contributed by atoms with E-state index in [1.807, 2.05) is 0 Å². The van der Waals surface area contributed by atoms with E-state index in [1.54, 1.807) is 0 Å². The molecule has 2 nitrogen and oxygen atoms in total. The molecular formula is C16H30BrNO. The summed E-state index contributed by atoms with van der Waals surface area (Å²) >= 11 is 3.83. The van der Waals surface area contributed by atoms with Gasteiger partial charge in [-0.1, -0.05) is 48.5 Å². The number of alkyl halides is 1. The summed E-state index contributed by atoms with van der Waals surface area (Å²) in [7, 11) is 0. The Morgan fingerprint density at radius 3 is 2.47 bits per heavy atom. The highest BCUT2D eigenvalue weighted by atomic mass is 79.9. The number of halogens is 1. The van der Waals surface area contributed by atoms with Gasteiger partial charge >= 0.3 is 0 Å². The molecule has 112 valence electrons. The van der Waals surface area contributed by atoms with E-state index in [1.165, 1.54) is 56.8 Å². The van der Waals surface area contributed by atoms with E-state index < -0.39 is 0 Å². The third kappa shape index (κ3) is 4.18. The molecule has 0 bridgehead atoms. The molecule has 2 unspecified atom stereocenters. The molecule has 0 aromatic rings. The minimum Gasteiger partial charge on any atom is -0.376 e. The van der Waals surface area contributed by atoms with Crippen LogP contribution in [0.2, 0.25) is 0 Å². The zero-order chi connectivity index (χ0) is 13.7. The zero-order valence-electron chi connectivity index (χ0n) is 12.7. The van der Waals surface area contributed by atoms with E-state index >= 15 is 0 Å². The fourth-order valence-electron chi connectivity index (χ4n) is 3.73. The van der Waals surface area contributed by atoms with Crippen LogP contribution in [-0.4, -0.2) is 42.1 Å². The molecule has 1 aliphatic heterocycles. The Bertz CT molecular complexity index is 263. The lowest BCUT2D eigenvalue weighted by atomic mass is 9.81. The molecule has 1 saturated carbocycles. The predicted molar refractivity (Wildman–Crippen MR) is 85.0 cm³/mol. The second kappa shape index (κ2) is 7.42. The van der Waals surface area contributed by atoms with Crippen molar-refractivity contribution in [3.63, 3.8) is 0 Å². The molecule has 2 atom stereocenters. The van der Waals surface area contributed by atoms with Gasteiger partial charge in [-0.15, -0.1) is 0 Å². The third-order valence-electron chi connectivity index (χ3n) is 5.04. The Kier molecular flexibility index (Phi) is 6.16. The van der Waals surface area contributed by atoms with Crippen LogP contribution in [0.1, 0.15) is 58.8 Å². The summed E-state index contributed by atoms with van der Waals surface area (Å²) in [6.45, 7) is 7.82. The molecule has 2 aliphatic rings. The maximum absolute atomic E-state index is 5.84. The summed E-state index contributed by atoms with van der Waals surface area (Å²) < 4.78 is 5.84. The van der Waals surface area contributed by atoms with E-state index in [0.29, 0.717) is 17.6 Å². The maximum Gasteiger partial charge on any atom is 0.0674 e. The summed E-state index contributed by atoms with van der Waals surface area (Å²) in [6.07, 6.45) is 10.1. The smallest absolute Gasteiger partial charge is 0.0674 e. The number of rotatable bonds is 4. The van der Waals surface area contributed by atoms with Crippen LogP contribution in [0.15, 0.2) is 0 Å². The molecule has 0 aromatic carbocycles. The normalized spacial score (nSPS) is 33.0. The van der Waals surface area contributed by atoms with Crippen molar-refractivity contribution in [1.82, 2.24) is 4.90 Å². The molecule has 0 amide bonds. The molecule has 2 fully saturated rings. The number of ether oxygens (including phenoxy) is 1. The highest BCUT2D eigenvalue weighted by Crippen LogP contribution is 2.38. The largest absolute Gasteiger partial charge is 0.376 e. The Labute approximate surface area is 127 Å². The van der Waals surface area contributed by atoms with Crippen molar-refractivity contribution in [1.29, 1.82) is 0 Å². The second-order valence-corrected chi connectivity index (χ2v) is 7.24. The number of hydrogen-bond acceptors (Lipinski definition) is 2. The maximum atomic E-state index is 5.84. The van der Waals surface area contributed by atoms with Gasteiger partial charge in [0.1, 0.15) is 0 Å². The predicted octanol–water partition coefficient (Wildman–Crippen LogP) is 4.22. The average Bonchev–Trinajstić information content (AvgIpc) is 2.65. The molecule has 0 N–H and O–H groups in total. The minimum atomic E-state index is 0.404. The first-order chi connectivity index (χ1) is 9.19. The van der Waals surface area contributed by atoms with Gasteiger partial charge < -0.3 is 4.74 Å². The first-order valence-corrected chi connectivity index (χ1v) is 9.23. The first kappa shape index (κ1) is 15.8. The van der Waals surface area contributed by atoms with Crippen LogP contribution in [0.4, 0.5) is 0 Å². The molecule has 1 saturated heterocycles. The molecule has 19 heavy (non-hydrogen) atoms. The minimum absolute atomic E-state index is 0.404. The lowest BCUT2D eigenvalue weighted by molar-refractivity contribution is -0.0686. The molecule has 0 spiro atoms. The van der Waals surface area contributed by atoms with E-state index in [2.05, 4.69) is 34.7 Å². The van der Waals surface area contributed by atoms with Crippen molar-refractivity contribution >= 4 is 15.9 Å². The van der Waals surface area contributed by atoms with E-state index in [-0.39, 0.29) is 0 Å². The summed E-state index contributed by atoms with van der Waals surface area (Å²) in [5.41, 5.74) is 0.515. The van der Waals surface area contributed by atoms with Gasteiger partial charge in [0, 0.05) is 24.5 Å². The first-order valence-electron chi connectivity index (χ1n) is 8.11. The monoisotopic (exact) mass is 331 g/mol. The Hall–Kier alpha value is 0.400. The topological polar surface area (TPSA) is 12.5 Å². The van der Waals surface area contributed by atoms with Crippen LogP contribution >= 0.6 is 15.9 Å². The van der Waals surface area contributed by atoms with Crippen LogP contribution in [0.25, 0.3) is 0 Å². The fourth-order valence-corrected chi connectivity index (χ4v) is 4.46. The fraction of sp³-hybridized carbons (Fsp3) is 1.00. The van der Waals surface area contributed by atoms with Gasteiger partial charge in [-0.25, -0.2) is 0 Å². The summed E-state index contributed by atoms with van der Waals surface area (Å²) in [5, 5.41) is 1.17. The lowest BCUT2D eigenvalue weighted by Gasteiger charge is -2.44. The Balaban J connectivity index is 2.02. The quantitative estimate of drug-likeness (QED) is 0.564. The van der Waals surface area contributed by atoms with Crippen molar-refractivity contribution in [2.75, 3.05) is 25.0 Å². The molecule has 1 heterocycles. The van der Waals surface area contributed by atoms with Gasteiger partial charge in [0.15, 0.2) is 0 Å². The molecule has 0 aromatic heterocycles. The van der Waals surface area contributed by atoms with Crippen LogP contribution in [-0.2, 0) is 4.74 Å². The van der Waals surface area contributed by atoms with Crippen LogP contribution in [0.5, 0.6) is 0 Å². The highest BCUT2D eigenvalue weighted by molar-refractivity contribution is 9.09. The zero-order valence-corrected chi connectivity index (χ0v) is 14.3. The molecular weight excluding hydrogens is 302 g/mol. The van der Waals surface area contributed by atoms with Crippen LogP contribution < -0.4 is 0 Å². The third-order valence-corrected chi connectivity index (χ3v) is 6.23. The van der Waals surface area contributed by atoms with Gasteiger partial charge in [-0.3, -0.25) is 4.90 Å². The van der Waals surface area contributed by atoms with Gasteiger partial charge in [0.25, 0.3) is 0 Å². The van der Waals surface area contributed by atoms with Crippen molar-refractivity contribution in [2.24, 2.45) is 5.41 Å². The van der Waals surface area contributed by atoms with Gasteiger partial charge in [0.05, 0.1) is 12.7 Å². The van der Waals surface area contributed by atoms with Crippen molar-refractivity contribution in [3.8, 4) is 0 Å². The standard InChI is InChI=1S/C16H30BrNO/c1-3-15-11-19-14(2)10-18(15)13-16(12-17)8-6-4-5-7-9-16/h14-15H,3-13H2,1-2H3. The lowest BCUT2D eigenvalue weighted by Crippen LogP contribution is -2.52. The van der Waals surface area contributed by atoms with Crippen LogP contribution in [0.3, 0.4) is 0 Å². The van der Waals surface area contributed by atoms with Crippen molar-refractivity contribution in [3.05, 3.63) is 0 Å². The summed E-state index contributed by atoms with van der Waals surface area (Å²) in [4.78, 5) is 2.72.